The van der Waals surface area contributed by atoms with Gasteiger partial charge in [-0.05, 0) is 32.0 Å². The van der Waals surface area contributed by atoms with Crippen molar-refractivity contribution < 1.29 is 17.7 Å². The van der Waals surface area contributed by atoms with Crippen molar-refractivity contribution in [1.29, 1.82) is 0 Å². The summed E-state index contributed by atoms with van der Waals surface area (Å²) >= 11 is 1.43. The van der Waals surface area contributed by atoms with E-state index in [9.17, 15) is 13.2 Å². The molecular formula is C15H16N2O4S2. The van der Waals surface area contributed by atoms with Crippen LogP contribution in [0.25, 0.3) is 0 Å². The summed E-state index contributed by atoms with van der Waals surface area (Å²) in [5.41, 5.74) is 1.23. The van der Waals surface area contributed by atoms with Crippen molar-refractivity contribution in [2.24, 2.45) is 0 Å². The molecule has 1 aliphatic heterocycles. The highest BCUT2D eigenvalue weighted by molar-refractivity contribution is 8.01. The van der Waals surface area contributed by atoms with E-state index in [0.29, 0.717) is 17.1 Å². The van der Waals surface area contributed by atoms with Crippen LogP contribution in [0.4, 0.5) is 5.69 Å². The second kappa shape index (κ2) is 5.68. The quantitative estimate of drug-likeness (QED) is 0.844. The number of rotatable bonds is 3. The lowest BCUT2D eigenvalue weighted by molar-refractivity contribution is -0.118. The Kier molecular flexibility index (Phi) is 3.97. The van der Waals surface area contributed by atoms with Crippen LogP contribution in [-0.2, 0) is 21.2 Å². The molecule has 6 nitrogen and oxygen atoms in total. The molecule has 0 bridgehead atoms. The van der Waals surface area contributed by atoms with Crippen LogP contribution in [-0.4, -0.2) is 31.0 Å². The largest absolute Gasteiger partial charge is 0.361 e. The Morgan fingerprint density at radius 2 is 2.09 bits per heavy atom. The van der Waals surface area contributed by atoms with Crippen molar-refractivity contribution in [2.45, 2.75) is 35.4 Å². The second-order valence-electron chi connectivity index (χ2n) is 5.52. The molecule has 2 aromatic rings. The van der Waals surface area contributed by atoms with Gasteiger partial charge in [-0.15, -0.1) is 11.8 Å². The molecule has 1 aliphatic rings. The van der Waals surface area contributed by atoms with Crippen LogP contribution < -0.4 is 4.90 Å². The maximum atomic E-state index is 12.6. The number of fused-ring (bicyclic) bond motifs is 1. The van der Waals surface area contributed by atoms with Gasteiger partial charge in [0.1, 0.15) is 11.5 Å². The van der Waals surface area contributed by atoms with Crippen molar-refractivity contribution in [1.82, 2.24) is 5.16 Å². The van der Waals surface area contributed by atoms with Crippen LogP contribution >= 0.6 is 11.8 Å². The maximum Gasteiger partial charge on any atom is 0.240 e. The van der Waals surface area contributed by atoms with E-state index < -0.39 is 9.84 Å². The van der Waals surface area contributed by atoms with Crippen LogP contribution in [0.5, 0.6) is 0 Å². The fourth-order valence-corrected chi connectivity index (χ4v) is 4.12. The van der Waals surface area contributed by atoms with Crippen LogP contribution in [0.1, 0.15) is 18.4 Å². The average molecular weight is 352 g/mol. The van der Waals surface area contributed by atoms with Crippen molar-refractivity contribution in [2.75, 3.05) is 11.2 Å². The molecule has 8 heteroatoms. The number of thioether (sulfide) groups is 1. The molecule has 122 valence electrons. The van der Waals surface area contributed by atoms with Crippen LogP contribution in [0.2, 0.25) is 0 Å². The van der Waals surface area contributed by atoms with Crippen LogP contribution in [0, 0.1) is 6.92 Å². The highest BCUT2D eigenvalue weighted by atomic mass is 32.2. The van der Waals surface area contributed by atoms with Gasteiger partial charge in [-0.2, -0.15) is 0 Å². The SMILES string of the molecule is Cc1cc(CN2C(=O)C(C)Sc3ccc(S(C)(=O)=O)cc32)no1. The number of amides is 1. The topological polar surface area (TPSA) is 80.5 Å². The summed E-state index contributed by atoms with van der Waals surface area (Å²) in [6, 6.07) is 6.64. The zero-order chi connectivity index (χ0) is 16.8. The summed E-state index contributed by atoms with van der Waals surface area (Å²) < 4.78 is 28.6. The van der Waals surface area contributed by atoms with E-state index in [0.717, 1.165) is 11.2 Å². The Morgan fingerprint density at radius 1 is 1.35 bits per heavy atom. The smallest absolute Gasteiger partial charge is 0.240 e. The first kappa shape index (κ1) is 16.1. The average Bonchev–Trinajstić information content (AvgIpc) is 2.88. The molecule has 1 aromatic carbocycles. The van der Waals surface area contributed by atoms with Gasteiger partial charge in [0.05, 0.1) is 22.4 Å². The molecule has 2 heterocycles. The summed E-state index contributed by atoms with van der Waals surface area (Å²) in [4.78, 5) is 15.2. The Balaban J connectivity index is 2.06. The molecule has 0 spiro atoms. The summed E-state index contributed by atoms with van der Waals surface area (Å²) in [6.45, 7) is 3.87. The fourth-order valence-electron chi connectivity index (χ4n) is 2.44. The number of nitrogens with zero attached hydrogens (tertiary/aromatic N) is 2. The van der Waals surface area contributed by atoms with Gasteiger partial charge in [0, 0.05) is 17.2 Å². The highest BCUT2D eigenvalue weighted by Crippen LogP contribution is 2.40. The first-order valence-electron chi connectivity index (χ1n) is 7.00. The van der Waals surface area contributed by atoms with Gasteiger partial charge in [0.15, 0.2) is 9.84 Å². The Morgan fingerprint density at radius 3 is 2.70 bits per heavy atom. The van der Waals surface area contributed by atoms with E-state index in [1.807, 2.05) is 6.92 Å². The maximum absolute atomic E-state index is 12.6. The number of aryl methyl sites for hydroxylation is 1. The molecule has 3 rings (SSSR count). The predicted octanol–water partition coefficient (Wildman–Crippen LogP) is 2.41. The highest BCUT2D eigenvalue weighted by Gasteiger charge is 2.32. The van der Waals surface area contributed by atoms with E-state index in [-0.39, 0.29) is 22.6 Å². The fraction of sp³-hybridized carbons (Fsp3) is 0.333. The lowest BCUT2D eigenvalue weighted by Gasteiger charge is -2.32. The normalized spacial score (nSPS) is 18.1. The third-order valence-electron chi connectivity index (χ3n) is 3.56. The molecule has 0 saturated heterocycles. The van der Waals surface area contributed by atoms with Gasteiger partial charge < -0.3 is 9.42 Å². The number of hydrogen-bond donors (Lipinski definition) is 0. The van der Waals surface area contributed by atoms with E-state index >= 15 is 0 Å². The van der Waals surface area contributed by atoms with Crippen LogP contribution in [0.15, 0.2) is 38.6 Å². The van der Waals surface area contributed by atoms with Gasteiger partial charge in [-0.25, -0.2) is 8.42 Å². The minimum Gasteiger partial charge on any atom is -0.361 e. The van der Waals surface area contributed by atoms with Crippen molar-refractivity contribution >= 4 is 33.2 Å². The molecular weight excluding hydrogens is 336 g/mol. The molecule has 0 aliphatic carbocycles. The number of anilines is 1. The first-order valence-corrected chi connectivity index (χ1v) is 9.77. The second-order valence-corrected chi connectivity index (χ2v) is 8.91. The molecule has 1 amide bonds. The molecule has 1 aromatic heterocycles. The lowest BCUT2D eigenvalue weighted by atomic mass is 10.2. The van der Waals surface area contributed by atoms with Gasteiger partial charge in [0.2, 0.25) is 5.91 Å². The molecule has 0 fully saturated rings. The van der Waals surface area contributed by atoms with Gasteiger partial charge >= 0.3 is 0 Å². The minimum absolute atomic E-state index is 0.0752. The third-order valence-corrected chi connectivity index (χ3v) is 5.83. The van der Waals surface area contributed by atoms with Crippen molar-refractivity contribution in [3.63, 3.8) is 0 Å². The Hall–Kier alpha value is -1.80. The summed E-state index contributed by atoms with van der Waals surface area (Å²) in [5.74, 6) is 0.589. The third kappa shape index (κ3) is 3.13. The lowest BCUT2D eigenvalue weighted by Crippen LogP contribution is -2.39. The zero-order valence-electron chi connectivity index (χ0n) is 12.9. The van der Waals surface area contributed by atoms with Gasteiger partial charge in [-0.1, -0.05) is 5.16 Å². The molecule has 0 saturated carbocycles. The molecule has 1 atom stereocenters. The standard InChI is InChI=1S/C15H16N2O4S2/c1-9-6-11(16-21-9)8-17-13-7-12(23(3,19)20)4-5-14(13)22-10(2)15(17)18/h4-7,10H,8H2,1-3H3. The van der Waals surface area contributed by atoms with E-state index in [2.05, 4.69) is 5.16 Å². The van der Waals surface area contributed by atoms with Crippen molar-refractivity contribution in [3.05, 3.63) is 35.7 Å². The van der Waals surface area contributed by atoms with E-state index in [1.165, 1.54) is 11.8 Å². The number of aromatic nitrogens is 1. The minimum atomic E-state index is -3.34. The number of carbonyl (C=O) groups is 1. The van der Waals surface area contributed by atoms with E-state index in [1.54, 1.807) is 36.1 Å². The molecule has 0 radical (unpaired) electrons. The van der Waals surface area contributed by atoms with E-state index in [4.69, 9.17) is 4.52 Å². The van der Waals surface area contributed by atoms with Crippen LogP contribution in [0.3, 0.4) is 0 Å². The van der Waals surface area contributed by atoms with Crippen molar-refractivity contribution in [3.8, 4) is 0 Å². The predicted molar refractivity (Wildman–Crippen MR) is 87.3 cm³/mol. The number of carbonyl (C=O) groups excluding carboxylic acids is 1. The van der Waals surface area contributed by atoms with Gasteiger partial charge in [-0.3, -0.25) is 4.79 Å². The monoisotopic (exact) mass is 352 g/mol. The molecule has 23 heavy (non-hydrogen) atoms. The summed E-state index contributed by atoms with van der Waals surface area (Å²) in [5, 5.41) is 3.68. The Bertz CT molecular complexity index is 873. The molecule has 1 unspecified atom stereocenters. The summed E-state index contributed by atoms with van der Waals surface area (Å²) in [6.07, 6.45) is 1.15. The number of sulfone groups is 1. The molecule has 0 N–H and O–H groups in total. The first-order chi connectivity index (χ1) is 10.8. The Labute approximate surface area is 138 Å². The summed E-state index contributed by atoms with van der Waals surface area (Å²) in [7, 11) is -3.34. The van der Waals surface area contributed by atoms with Gasteiger partial charge in [0.25, 0.3) is 0 Å². The number of hydrogen-bond acceptors (Lipinski definition) is 6. The number of benzene rings is 1. The zero-order valence-corrected chi connectivity index (χ0v) is 14.6.